The van der Waals surface area contributed by atoms with E-state index >= 15 is 0 Å². The molecular formula is C83H154NO8P. The fourth-order valence-electron chi connectivity index (χ4n) is 12.1. The number of unbranched alkanes of at least 4 members (excludes halogenated alkanes) is 52. The molecule has 0 rings (SSSR count). The summed E-state index contributed by atoms with van der Waals surface area (Å²) >= 11 is 0. The van der Waals surface area contributed by atoms with E-state index in [2.05, 4.69) is 86.8 Å². The zero-order chi connectivity index (χ0) is 67.2. The number of nitrogens with two attached hydrogens (primary N) is 1. The maximum Gasteiger partial charge on any atom is 0.472 e. The van der Waals surface area contributed by atoms with Crippen molar-refractivity contribution < 1.29 is 37.6 Å². The molecule has 0 aromatic rings. The first kappa shape index (κ1) is 90.5. The molecule has 0 aliphatic rings. The van der Waals surface area contributed by atoms with Crippen molar-refractivity contribution in [1.82, 2.24) is 0 Å². The molecule has 0 saturated carbocycles. The van der Waals surface area contributed by atoms with Crippen molar-refractivity contribution in [1.29, 1.82) is 0 Å². The van der Waals surface area contributed by atoms with Crippen molar-refractivity contribution in [3.05, 3.63) is 72.9 Å². The lowest BCUT2D eigenvalue weighted by Gasteiger charge is -2.19. The van der Waals surface area contributed by atoms with Crippen LogP contribution in [0.4, 0.5) is 0 Å². The van der Waals surface area contributed by atoms with Crippen LogP contribution in [0.1, 0.15) is 412 Å². The summed E-state index contributed by atoms with van der Waals surface area (Å²) in [7, 11) is -4.40. The van der Waals surface area contributed by atoms with Gasteiger partial charge in [0.15, 0.2) is 6.10 Å². The summed E-state index contributed by atoms with van der Waals surface area (Å²) in [5, 5.41) is 0. The lowest BCUT2D eigenvalue weighted by atomic mass is 10.0. The minimum Gasteiger partial charge on any atom is -0.462 e. The van der Waals surface area contributed by atoms with Crippen molar-refractivity contribution >= 4 is 19.8 Å². The third-order valence-electron chi connectivity index (χ3n) is 18.1. The van der Waals surface area contributed by atoms with E-state index in [1.165, 1.54) is 321 Å². The lowest BCUT2D eigenvalue weighted by molar-refractivity contribution is -0.161. The van der Waals surface area contributed by atoms with Gasteiger partial charge in [0, 0.05) is 19.4 Å². The molecule has 0 saturated heterocycles. The highest BCUT2D eigenvalue weighted by Crippen LogP contribution is 2.43. The van der Waals surface area contributed by atoms with Crippen LogP contribution < -0.4 is 5.73 Å². The van der Waals surface area contributed by atoms with E-state index < -0.39 is 26.5 Å². The normalized spacial score (nSPS) is 13.2. The van der Waals surface area contributed by atoms with Crippen LogP contribution in [0.5, 0.6) is 0 Å². The Morgan fingerprint density at radius 2 is 0.559 bits per heavy atom. The number of allylic oxidation sites excluding steroid dienone is 12. The molecule has 0 heterocycles. The molecule has 9 nitrogen and oxygen atoms in total. The fraction of sp³-hybridized carbons (Fsp3) is 0.831. The molecule has 0 amide bonds. The van der Waals surface area contributed by atoms with Gasteiger partial charge in [0.25, 0.3) is 0 Å². The highest BCUT2D eigenvalue weighted by atomic mass is 31.2. The van der Waals surface area contributed by atoms with E-state index in [0.29, 0.717) is 6.42 Å². The van der Waals surface area contributed by atoms with Crippen molar-refractivity contribution in [3.63, 3.8) is 0 Å². The Morgan fingerprint density at radius 3 is 0.828 bits per heavy atom. The van der Waals surface area contributed by atoms with Gasteiger partial charge < -0.3 is 20.1 Å². The van der Waals surface area contributed by atoms with Gasteiger partial charge in [-0.15, -0.1) is 0 Å². The van der Waals surface area contributed by atoms with Gasteiger partial charge in [-0.3, -0.25) is 18.6 Å². The predicted molar refractivity (Wildman–Crippen MR) is 404 cm³/mol. The second-order valence-electron chi connectivity index (χ2n) is 27.3. The minimum absolute atomic E-state index is 0.0545. The summed E-state index contributed by atoms with van der Waals surface area (Å²) in [5.41, 5.74) is 5.42. The Kier molecular flexibility index (Phi) is 76.3. The summed E-state index contributed by atoms with van der Waals surface area (Å²) in [6.45, 7) is 3.79. The van der Waals surface area contributed by atoms with Crippen molar-refractivity contribution in [3.8, 4) is 0 Å². The maximum atomic E-state index is 12.8. The monoisotopic (exact) mass is 1320 g/mol. The van der Waals surface area contributed by atoms with Gasteiger partial charge in [0.1, 0.15) is 6.61 Å². The third kappa shape index (κ3) is 78.3. The van der Waals surface area contributed by atoms with E-state index in [1.54, 1.807) is 0 Å². The molecule has 544 valence electrons. The van der Waals surface area contributed by atoms with Crippen LogP contribution in [0.25, 0.3) is 0 Å². The number of esters is 2. The van der Waals surface area contributed by atoms with E-state index in [-0.39, 0.29) is 38.6 Å². The molecule has 0 aliphatic carbocycles. The van der Waals surface area contributed by atoms with Gasteiger partial charge in [0.05, 0.1) is 13.2 Å². The van der Waals surface area contributed by atoms with Gasteiger partial charge in [-0.1, -0.05) is 382 Å². The molecule has 3 N–H and O–H groups in total. The average molecular weight is 1330 g/mol. The maximum absolute atomic E-state index is 12.8. The second kappa shape index (κ2) is 78.4. The van der Waals surface area contributed by atoms with Gasteiger partial charge in [0.2, 0.25) is 0 Å². The first-order chi connectivity index (χ1) is 45.8. The molecule has 0 aromatic heterocycles. The summed E-state index contributed by atoms with van der Waals surface area (Å²) in [5.74, 6) is -0.806. The summed E-state index contributed by atoms with van der Waals surface area (Å²) in [6.07, 6.45) is 105. The van der Waals surface area contributed by atoms with Crippen LogP contribution in [0.3, 0.4) is 0 Å². The van der Waals surface area contributed by atoms with Gasteiger partial charge in [-0.05, 0) is 89.9 Å². The molecular weight excluding hydrogens is 1170 g/mol. The number of carbonyl (C=O) groups is 2. The highest BCUT2D eigenvalue weighted by molar-refractivity contribution is 7.47. The quantitative estimate of drug-likeness (QED) is 0.0264. The van der Waals surface area contributed by atoms with Crippen LogP contribution in [0.2, 0.25) is 0 Å². The summed E-state index contributed by atoms with van der Waals surface area (Å²) in [6, 6.07) is 0. The summed E-state index contributed by atoms with van der Waals surface area (Å²) < 4.78 is 33.3. The van der Waals surface area contributed by atoms with Crippen LogP contribution in [-0.2, 0) is 32.7 Å². The van der Waals surface area contributed by atoms with Crippen LogP contribution >= 0.6 is 7.82 Å². The van der Waals surface area contributed by atoms with Gasteiger partial charge in [-0.2, -0.15) is 0 Å². The first-order valence-corrected chi connectivity index (χ1v) is 41.9. The van der Waals surface area contributed by atoms with Crippen LogP contribution in [-0.4, -0.2) is 49.3 Å². The molecule has 93 heavy (non-hydrogen) atoms. The summed E-state index contributed by atoms with van der Waals surface area (Å²) in [4.78, 5) is 35.5. The smallest absolute Gasteiger partial charge is 0.462 e. The van der Waals surface area contributed by atoms with Gasteiger partial charge in [-0.25, -0.2) is 4.57 Å². The Bertz CT molecular complexity index is 1760. The molecule has 0 spiro atoms. The molecule has 10 heteroatoms. The first-order valence-electron chi connectivity index (χ1n) is 40.4. The van der Waals surface area contributed by atoms with E-state index in [4.69, 9.17) is 24.3 Å². The zero-order valence-corrected chi connectivity index (χ0v) is 62.4. The molecule has 0 aliphatic heterocycles. The Hall–Kier alpha value is -2.55. The Labute approximate surface area is 577 Å². The van der Waals surface area contributed by atoms with Crippen molar-refractivity contribution in [2.24, 2.45) is 5.73 Å². The molecule has 0 aromatic carbocycles. The lowest BCUT2D eigenvalue weighted by Crippen LogP contribution is -2.29. The van der Waals surface area contributed by atoms with E-state index in [0.717, 1.165) is 57.8 Å². The number of hydrogen-bond donors (Lipinski definition) is 2. The third-order valence-corrected chi connectivity index (χ3v) is 19.0. The van der Waals surface area contributed by atoms with Crippen LogP contribution in [0.15, 0.2) is 72.9 Å². The number of phosphoric ester groups is 1. The Morgan fingerprint density at radius 1 is 0.323 bits per heavy atom. The topological polar surface area (TPSA) is 134 Å². The molecule has 2 unspecified atom stereocenters. The molecule has 0 fully saturated rings. The average Bonchev–Trinajstić information content (AvgIpc) is 3.60. The number of phosphoric acid groups is 1. The SMILES string of the molecule is CCCCCCC/C=C\C/C=C\C/C=C\CCCCCCCCCCCCCCCCCCCCCCCCCCC(=O)OC(COC(=O)CCCCCCCCCCCCCCCCCCCC/C=C\C/C=C\C/C=C\CCCCCCC)COP(=O)(O)OCCN. The van der Waals surface area contributed by atoms with E-state index in [9.17, 15) is 19.0 Å². The zero-order valence-electron chi connectivity index (χ0n) is 61.5. The van der Waals surface area contributed by atoms with E-state index in [1.807, 2.05) is 0 Å². The van der Waals surface area contributed by atoms with Crippen LogP contribution in [0, 0.1) is 0 Å². The number of rotatable bonds is 77. The fourth-order valence-corrected chi connectivity index (χ4v) is 12.8. The minimum atomic E-state index is -4.40. The Balaban J connectivity index is 3.77. The van der Waals surface area contributed by atoms with Gasteiger partial charge >= 0.3 is 19.8 Å². The molecule has 0 radical (unpaired) electrons. The van der Waals surface area contributed by atoms with Crippen molar-refractivity contribution in [2.75, 3.05) is 26.4 Å². The highest BCUT2D eigenvalue weighted by Gasteiger charge is 2.26. The largest absolute Gasteiger partial charge is 0.472 e. The molecule has 0 bridgehead atoms. The second-order valence-corrected chi connectivity index (χ2v) is 28.7. The standard InChI is InChI=1S/C83H154NO8P/c1-3-5-7-9-11-13-15-17-19-21-23-25-27-29-31-33-35-37-38-39-40-41-42-44-46-48-50-52-54-56-58-60-62-64-66-68-70-72-74-76-83(86)92-81(80-91-93(87,88)90-78-77-84)79-89-82(85)75-73-71-69-67-65-63-61-59-57-55-53-51-49-47-45-43-36-34-32-30-28-26-24-22-20-18-16-14-12-10-8-6-4-2/h15-18,21-24,27-30,81H,3-14,19-20,25-26,31-80,84H2,1-2H3,(H,87,88)/b17-15-,18-16-,23-21-,24-22-,29-27-,30-28-. The predicted octanol–water partition coefficient (Wildman–Crippen LogP) is 27.1. The van der Waals surface area contributed by atoms with Crippen molar-refractivity contribution in [2.45, 2.75) is 418 Å². The number of hydrogen-bond acceptors (Lipinski definition) is 8. The number of ether oxygens (including phenoxy) is 2. The number of carbonyl (C=O) groups excluding carboxylic acids is 2. The molecule has 2 atom stereocenters.